The number of aryl methyl sites for hydroxylation is 1. The number of nitrogens with zero attached hydrogens (tertiary/aromatic N) is 2. The van der Waals surface area contributed by atoms with Crippen LogP contribution < -0.4 is 5.73 Å². The van der Waals surface area contributed by atoms with E-state index in [1.54, 1.807) is 16.9 Å². The van der Waals surface area contributed by atoms with Gasteiger partial charge in [0.1, 0.15) is 12.0 Å². The van der Waals surface area contributed by atoms with Crippen molar-refractivity contribution in [3.05, 3.63) is 35.9 Å². The average Bonchev–Trinajstić information content (AvgIpc) is 2.93. The van der Waals surface area contributed by atoms with Gasteiger partial charge in [-0.25, -0.2) is 9.07 Å². The van der Waals surface area contributed by atoms with E-state index in [9.17, 15) is 4.39 Å². The number of hydrogen-bond acceptors (Lipinski definition) is 3. The molecule has 106 valence electrons. The van der Waals surface area contributed by atoms with Gasteiger partial charge >= 0.3 is 0 Å². The van der Waals surface area contributed by atoms with Gasteiger partial charge in [0.25, 0.3) is 0 Å². The van der Waals surface area contributed by atoms with Gasteiger partial charge in [-0.2, -0.15) is 5.10 Å². The smallest absolute Gasteiger partial charge is 0.150 e. The van der Waals surface area contributed by atoms with Crippen molar-refractivity contribution in [3.63, 3.8) is 0 Å². The topological polar surface area (TPSA) is 53.1 Å². The van der Waals surface area contributed by atoms with Crippen LogP contribution in [0.1, 0.15) is 31.1 Å². The summed E-state index contributed by atoms with van der Waals surface area (Å²) >= 11 is 0. The first-order chi connectivity index (χ1) is 9.65. The van der Waals surface area contributed by atoms with Crippen LogP contribution in [0.15, 0.2) is 24.5 Å². The minimum absolute atomic E-state index is 0.0320. The van der Waals surface area contributed by atoms with Gasteiger partial charge in [-0.15, -0.1) is 0 Å². The van der Waals surface area contributed by atoms with Gasteiger partial charge in [0, 0.05) is 29.6 Å². The third kappa shape index (κ3) is 2.41. The first-order valence-corrected chi connectivity index (χ1v) is 6.87. The molecule has 1 saturated heterocycles. The maximum absolute atomic E-state index is 14.0. The summed E-state index contributed by atoms with van der Waals surface area (Å²) in [5, 5.41) is 4.30. The molecular weight excluding hydrogens is 257 g/mol. The second kappa shape index (κ2) is 5.25. The SMILES string of the molecule is Cc1cc(-c2cnn(C3CCCCO3)c2)c(F)cc1N. The van der Waals surface area contributed by atoms with Crippen LogP contribution in [0.4, 0.5) is 10.1 Å². The molecule has 0 spiro atoms. The second-order valence-corrected chi connectivity index (χ2v) is 5.22. The van der Waals surface area contributed by atoms with Crippen LogP contribution in [-0.4, -0.2) is 16.4 Å². The van der Waals surface area contributed by atoms with Crippen molar-refractivity contribution < 1.29 is 9.13 Å². The van der Waals surface area contributed by atoms with Crippen LogP contribution in [0.2, 0.25) is 0 Å². The predicted molar refractivity (Wildman–Crippen MR) is 75.6 cm³/mol. The zero-order valence-corrected chi connectivity index (χ0v) is 11.5. The second-order valence-electron chi connectivity index (χ2n) is 5.22. The van der Waals surface area contributed by atoms with Crippen LogP contribution >= 0.6 is 0 Å². The highest BCUT2D eigenvalue weighted by molar-refractivity contribution is 5.67. The van der Waals surface area contributed by atoms with Gasteiger partial charge < -0.3 is 10.5 Å². The lowest BCUT2D eigenvalue weighted by molar-refractivity contribution is -0.0394. The Morgan fingerprint density at radius 2 is 2.25 bits per heavy atom. The Labute approximate surface area is 117 Å². The van der Waals surface area contributed by atoms with Gasteiger partial charge in [-0.3, -0.25) is 0 Å². The van der Waals surface area contributed by atoms with E-state index in [1.165, 1.54) is 6.07 Å². The summed E-state index contributed by atoms with van der Waals surface area (Å²) in [6.45, 7) is 2.63. The molecule has 1 fully saturated rings. The van der Waals surface area contributed by atoms with Crippen molar-refractivity contribution in [3.8, 4) is 11.1 Å². The molecule has 0 amide bonds. The molecular formula is C15H18FN3O. The highest BCUT2D eigenvalue weighted by Gasteiger charge is 2.18. The molecule has 3 rings (SSSR count). The summed E-state index contributed by atoms with van der Waals surface area (Å²) in [5.41, 5.74) is 8.32. The molecule has 1 aromatic carbocycles. The molecule has 0 bridgehead atoms. The zero-order valence-electron chi connectivity index (χ0n) is 11.5. The van der Waals surface area contributed by atoms with E-state index >= 15 is 0 Å². The first-order valence-electron chi connectivity index (χ1n) is 6.87. The molecule has 1 aliphatic heterocycles. The fourth-order valence-corrected chi connectivity index (χ4v) is 2.49. The average molecular weight is 275 g/mol. The van der Waals surface area contributed by atoms with Crippen molar-refractivity contribution in [2.75, 3.05) is 12.3 Å². The summed E-state index contributed by atoms with van der Waals surface area (Å²) in [7, 11) is 0. The number of halogens is 1. The molecule has 0 saturated carbocycles. The Kier molecular flexibility index (Phi) is 3.44. The van der Waals surface area contributed by atoms with E-state index in [4.69, 9.17) is 10.5 Å². The third-order valence-electron chi connectivity index (χ3n) is 3.72. The Morgan fingerprint density at radius 1 is 1.40 bits per heavy atom. The summed E-state index contributed by atoms with van der Waals surface area (Å²) in [4.78, 5) is 0. The molecule has 20 heavy (non-hydrogen) atoms. The number of rotatable bonds is 2. The van der Waals surface area contributed by atoms with Crippen molar-refractivity contribution in [2.45, 2.75) is 32.4 Å². The highest BCUT2D eigenvalue weighted by atomic mass is 19.1. The molecule has 1 aromatic heterocycles. The van der Waals surface area contributed by atoms with E-state index in [0.717, 1.165) is 37.0 Å². The number of nitrogens with two attached hydrogens (primary N) is 1. The van der Waals surface area contributed by atoms with E-state index in [-0.39, 0.29) is 12.0 Å². The molecule has 0 radical (unpaired) electrons. The quantitative estimate of drug-likeness (QED) is 0.856. The molecule has 2 heterocycles. The number of aromatic nitrogens is 2. The number of hydrogen-bond donors (Lipinski definition) is 1. The molecule has 5 heteroatoms. The Bertz CT molecular complexity index is 618. The maximum Gasteiger partial charge on any atom is 0.150 e. The fraction of sp³-hybridized carbons (Fsp3) is 0.400. The molecule has 4 nitrogen and oxygen atoms in total. The number of anilines is 1. The van der Waals surface area contributed by atoms with Gasteiger partial charge in [0.2, 0.25) is 0 Å². The van der Waals surface area contributed by atoms with E-state index < -0.39 is 0 Å². The Balaban J connectivity index is 1.91. The monoisotopic (exact) mass is 275 g/mol. The van der Waals surface area contributed by atoms with Crippen LogP contribution in [0, 0.1) is 12.7 Å². The first kappa shape index (κ1) is 13.1. The van der Waals surface area contributed by atoms with Crippen molar-refractivity contribution in [1.29, 1.82) is 0 Å². The standard InChI is InChI=1S/C15H18FN3O/c1-10-6-12(13(16)7-14(10)17)11-8-18-19(9-11)15-4-2-3-5-20-15/h6-9,15H,2-5,17H2,1H3. The van der Waals surface area contributed by atoms with Crippen LogP contribution in [0.25, 0.3) is 11.1 Å². The van der Waals surface area contributed by atoms with Crippen molar-refractivity contribution in [2.24, 2.45) is 0 Å². The van der Waals surface area contributed by atoms with Crippen molar-refractivity contribution in [1.82, 2.24) is 9.78 Å². The molecule has 2 N–H and O–H groups in total. The van der Waals surface area contributed by atoms with Gasteiger partial charge in [-0.05, 0) is 43.9 Å². The van der Waals surface area contributed by atoms with Crippen LogP contribution in [0.3, 0.4) is 0 Å². The maximum atomic E-state index is 14.0. The number of benzene rings is 1. The van der Waals surface area contributed by atoms with E-state index in [0.29, 0.717) is 11.3 Å². The lowest BCUT2D eigenvalue weighted by Gasteiger charge is -2.22. The third-order valence-corrected chi connectivity index (χ3v) is 3.72. The van der Waals surface area contributed by atoms with Gasteiger partial charge in [-0.1, -0.05) is 0 Å². The van der Waals surface area contributed by atoms with E-state index in [1.807, 2.05) is 13.1 Å². The van der Waals surface area contributed by atoms with E-state index in [2.05, 4.69) is 5.10 Å². The molecule has 1 aliphatic rings. The number of ether oxygens (including phenoxy) is 1. The fourth-order valence-electron chi connectivity index (χ4n) is 2.49. The Morgan fingerprint density at radius 3 is 3.00 bits per heavy atom. The molecule has 1 atom stereocenters. The molecule has 2 aromatic rings. The van der Waals surface area contributed by atoms with Crippen LogP contribution in [-0.2, 0) is 4.74 Å². The summed E-state index contributed by atoms with van der Waals surface area (Å²) in [6, 6.07) is 3.12. The zero-order chi connectivity index (χ0) is 14.1. The predicted octanol–water partition coefficient (Wildman–Crippen LogP) is 3.28. The minimum Gasteiger partial charge on any atom is -0.398 e. The molecule has 0 aliphatic carbocycles. The summed E-state index contributed by atoms with van der Waals surface area (Å²) < 4.78 is 21.5. The van der Waals surface area contributed by atoms with Gasteiger partial charge in [0.15, 0.2) is 0 Å². The summed E-state index contributed by atoms with van der Waals surface area (Å²) in [5.74, 6) is -0.322. The Hall–Kier alpha value is -1.88. The normalized spacial score (nSPS) is 19.2. The molecule has 1 unspecified atom stereocenters. The van der Waals surface area contributed by atoms with Crippen LogP contribution in [0.5, 0.6) is 0 Å². The number of nitrogen functional groups attached to an aromatic ring is 1. The van der Waals surface area contributed by atoms with Crippen molar-refractivity contribution >= 4 is 5.69 Å². The lowest BCUT2D eigenvalue weighted by Crippen LogP contribution is -2.18. The minimum atomic E-state index is -0.322. The highest BCUT2D eigenvalue weighted by Crippen LogP contribution is 2.29. The lowest BCUT2D eigenvalue weighted by atomic mass is 10.0. The largest absolute Gasteiger partial charge is 0.398 e. The summed E-state index contributed by atoms with van der Waals surface area (Å²) in [6.07, 6.45) is 6.65. The van der Waals surface area contributed by atoms with Gasteiger partial charge in [0.05, 0.1) is 6.20 Å².